The number of thiazole rings is 1. The third kappa shape index (κ3) is 7.48. The Balaban J connectivity index is 1.71. The second kappa shape index (κ2) is 11.5. The average molecular weight is 389 g/mol. The molecule has 7 heteroatoms. The summed E-state index contributed by atoms with van der Waals surface area (Å²) in [6, 6.07) is 9.52. The van der Waals surface area contributed by atoms with Crippen LogP contribution in [0.5, 0.6) is 0 Å². The standard InChI is InChI=1S/C20H28N4O2S/c1-3-24(4-2)13-9-8-12-21-19(26)17-15-27-20(22-17)23-18(25)14-16-10-6-5-7-11-16/h5-7,10-11,15H,3-4,8-9,12-14H2,1-2H3,(H,21,26)(H,22,23,25). The SMILES string of the molecule is CCN(CC)CCCCNC(=O)c1csc(NC(=O)Cc2ccccc2)n1. The molecular weight excluding hydrogens is 360 g/mol. The van der Waals surface area contributed by atoms with Crippen LogP contribution in [0.15, 0.2) is 35.7 Å². The first-order chi connectivity index (χ1) is 13.1. The van der Waals surface area contributed by atoms with Gasteiger partial charge in [0, 0.05) is 11.9 Å². The van der Waals surface area contributed by atoms with Crippen LogP contribution < -0.4 is 10.6 Å². The van der Waals surface area contributed by atoms with E-state index >= 15 is 0 Å². The Morgan fingerprint density at radius 1 is 1.11 bits per heavy atom. The molecule has 0 radical (unpaired) electrons. The zero-order chi connectivity index (χ0) is 19.5. The fourth-order valence-corrected chi connectivity index (χ4v) is 3.38. The van der Waals surface area contributed by atoms with Gasteiger partial charge in [-0.15, -0.1) is 11.3 Å². The van der Waals surface area contributed by atoms with Crippen molar-refractivity contribution in [3.63, 3.8) is 0 Å². The van der Waals surface area contributed by atoms with Crippen molar-refractivity contribution in [1.29, 1.82) is 0 Å². The summed E-state index contributed by atoms with van der Waals surface area (Å²) in [6.45, 7) is 8.11. The summed E-state index contributed by atoms with van der Waals surface area (Å²) in [7, 11) is 0. The molecule has 0 saturated heterocycles. The molecule has 2 amide bonds. The number of carbonyl (C=O) groups excluding carboxylic acids is 2. The summed E-state index contributed by atoms with van der Waals surface area (Å²) >= 11 is 1.26. The lowest BCUT2D eigenvalue weighted by molar-refractivity contribution is -0.115. The molecule has 1 aromatic heterocycles. The maximum absolute atomic E-state index is 12.2. The smallest absolute Gasteiger partial charge is 0.270 e. The molecule has 1 heterocycles. The van der Waals surface area contributed by atoms with Crippen LogP contribution in [-0.4, -0.2) is 47.9 Å². The quantitative estimate of drug-likeness (QED) is 0.580. The molecule has 6 nitrogen and oxygen atoms in total. The Morgan fingerprint density at radius 3 is 2.56 bits per heavy atom. The summed E-state index contributed by atoms with van der Waals surface area (Å²) in [5, 5.41) is 7.76. The molecule has 2 N–H and O–H groups in total. The Bertz CT molecular complexity index is 714. The maximum Gasteiger partial charge on any atom is 0.270 e. The number of anilines is 1. The van der Waals surface area contributed by atoms with Gasteiger partial charge in [0.25, 0.3) is 5.91 Å². The number of nitrogens with one attached hydrogen (secondary N) is 2. The first-order valence-corrected chi connectivity index (χ1v) is 10.3. The number of carbonyl (C=O) groups is 2. The molecule has 0 unspecified atom stereocenters. The highest BCUT2D eigenvalue weighted by molar-refractivity contribution is 7.14. The normalized spacial score (nSPS) is 10.8. The van der Waals surface area contributed by atoms with Gasteiger partial charge >= 0.3 is 0 Å². The molecule has 2 aromatic rings. The summed E-state index contributed by atoms with van der Waals surface area (Å²) in [5.74, 6) is -0.337. The fraction of sp³-hybridized carbons (Fsp3) is 0.450. The van der Waals surface area contributed by atoms with Gasteiger partial charge in [-0.3, -0.25) is 9.59 Å². The molecule has 27 heavy (non-hydrogen) atoms. The predicted molar refractivity (Wildman–Crippen MR) is 110 cm³/mol. The number of amides is 2. The van der Waals surface area contributed by atoms with Crippen LogP contribution in [0.2, 0.25) is 0 Å². The van der Waals surface area contributed by atoms with Crippen LogP contribution in [0.4, 0.5) is 5.13 Å². The van der Waals surface area contributed by atoms with E-state index in [1.165, 1.54) is 11.3 Å². The van der Waals surface area contributed by atoms with Crippen molar-refractivity contribution in [1.82, 2.24) is 15.2 Å². The lowest BCUT2D eigenvalue weighted by Crippen LogP contribution is -2.27. The van der Waals surface area contributed by atoms with E-state index in [-0.39, 0.29) is 18.2 Å². The molecule has 0 saturated carbocycles. The summed E-state index contributed by atoms with van der Waals surface area (Å²) in [5.41, 5.74) is 1.29. The van der Waals surface area contributed by atoms with E-state index in [1.807, 2.05) is 30.3 Å². The molecular formula is C20H28N4O2S. The Morgan fingerprint density at radius 2 is 1.85 bits per heavy atom. The van der Waals surface area contributed by atoms with Gasteiger partial charge in [0.2, 0.25) is 5.91 Å². The molecule has 0 atom stereocenters. The predicted octanol–water partition coefficient (Wildman–Crippen LogP) is 3.18. The van der Waals surface area contributed by atoms with E-state index in [9.17, 15) is 9.59 Å². The van der Waals surface area contributed by atoms with Crippen molar-refractivity contribution >= 4 is 28.3 Å². The van der Waals surface area contributed by atoms with E-state index in [2.05, 4.69) is 34.4 Å². The van der Waals surface area contributed by atoms with E-state index in [1.54, 1.807) is 5.38 Å². The highest BCUT2D eigenvalue weighted by Crippen LogP contribution is 2.16. The van der Waals surface area contributed by atoms with Gasteiger partial charge in [-0.2, -0.15) is 0 Å². The molecule has 0 spiro atoms. The summed E-state index contributed by atoms with van der Waals surface area (Å²) in [4.78, 5) is 30.8. The van der Waals surface area contributed by atoms with Crippen LogP contribution in [0.25, 0.3) is 0 Å². The van der Waals surface area contributed by atoms with Crippen molar-refractivity contribution in [2.75, 3.05) is 31.5 Å². The number of nitrogens with zero attached hydrogens (tertiary/aromatic N) is 2. The number of hydrogen-bond acceptors (Lipinski definition) is 5. The maximum atomic E-state index is 12.2. The monoisotopic (exact) mass is 388 g/mol. The lowest BCUT2D eigenvalue weighted by Gasteiger charge is -2.17. The van der Waals surface area contributed by atoms with E-state index in [0.29, 0.717) is 17.4 Å². The van der Waals surface area contributed by atoms with Crippen molar-refractivity contribution in [2.24, 2.45) is 0 Å². The van der Waals surface area contributed by atoms with E-state index in [0.717, 1.165) is 38.0 Å². The average Bonchev–Trinajstić information content (AvgIpc) is 3.13. The van der Waals surface area contributed by atoms with Crippen molar-refractivity contribution < 1.29 is 9.59 Å². The molecule has 1 aromatic carbocycles. The van der Waals surface area contributed by atoms with Gasteiger partial charge < -0.3 is 15.5 Å². The first kappa shape index (κ1) is 21.1. The molecule has 0 bridgehead atoms. The highest BCUT2D eigenvalue weighted by atomic mass is 32.1. The zero-order valence-electron chi connectivity index (χ0n) is 16.0. The van der Waals surface area contributed by atoms with Gasteiger partial charge in [-0.1, -0.05) is 44.2 Å². The molecule has 146 valence electrons. The first-order valence-electron chi connectivity index (χ1n) is 9.42. The Kier molecular flexibility index (Phi) is 8.94. The van der Waals surface area contributed by atoms with Crippen LogP contribution in [0.1, 0.15) is 42.7 Å². The summed E-state index contributed by atoms with van der Waals surface area (Å²) < 4.78 is 0. The van der Waals surface area contributed by atoms with Crippen molar-refractivity contribution in [3.05, 3.63) is 47.0 Å². The van der Waals surface area contributed by atoms with Gasteiger partial charge in [0.1, 0.15) is 5.69 Å². The number of unbranched alkanes of at least 4 members (excludes halogenated alkanes) is 1. The Hall–Kier alpha value is -2.25. The fourth-order valence-electron chi connectivity index (χ4n) is 2.67. The molecule has 0 aliphatic rings. The largest absolute Gasteiger partial charge is 0.351 e. The molecule has 0 aliphatic heterocycles. The van der Waals surface area contributed by atoms with Gasteiger partial charge in [-0.05, 0) is 38.0 Å². The number of benzene rings is 1. The summed E-state index contributed by atoms with van der Waals surface area (Å²) in [6.07, 6.45) is 2.28. The van der Waals surface area contributed by atoms with Crippen LogP contribution in [-0.2, 0) is 11.2 Å². The minimum atomic E-state index is -0.197. The minimum absolute atomic E-state index is 0.140. The second-order valence-corrected chi connectivity index (χ2v) is 7.10. The zero-order valence-corrected chi connectivity index (χ0v) is 16.8. The van der Waals surface area contributed by atoms with E-state index in [4.69, 9.17) is 0 Å². The van der Waals surface area contributed by atoms with Crippen molar-refractivity contribution in [2.45, 2.75) is 33.1 Å². The van der Waals surface area contributed by atoms with Crippen LogP contribution >= 0.6 is 11.3 Å². The minimum Gasteiger partial charge on any atom is -0.351 e. The van der Waals surface area contributed by atoms with Gasteiger partial charge in [0.15, 0.2) is 5.13 Å². The highest BCUT2D eigenvalue weighted by Gasteiger charge is 2.12. The third-order valence-corrected chi connectivity index (χ3v) is 5.03. The second-order valence-electron chi connectivity index (χ2n) is 6.24. The van der Waals surface area contributed by atoms with E-state index < -0.39 is 0 Å². The van der Waals surface area contributed by atoms with Gasteiger partial charge in [-0.25, -0.2) is 4.98 Å². The third-order valence-electron chi connectivity index (χ3n) is 4.27. The molecule has 2 rings (SSSR count). The number of hydrogen-bond donors (Lipinski definition) is 2. The Labute approximate surface area is 165 Å². The molecule has 0 aliphatic carbocycles. The van der Waals surface area contributed by atoms with Crippen LogP contribution in [0.3, 0.4) is 0 Å². The molecule has 0 fully saturated rings. The number of rotatable bonds is 11. The number of aromatic nitrogens is 1. The van der Waals surface area contributed by atoms with Crippen LogP contribution in [0, 0.1) is 0 Å². The topological polar surface area (TPSA) is 74.3 Å². The van der Waals surface area contributed by atoms with Gasteiger partial charge in [0.05, 0.1) is 6.42 Å². The lowest BCUT2D eigenvalue weighted by atomic mass is 10.1. The van der Waals surface area contributed by atoms with Crippen molar-refractivity contribution in [3.8, 4) is 0 Å².